The maximum atomic E-state index is 12.9. The van der Waals surface area contributed by atoms with Gasteiger partial charge in [-0.05, 0) is 64.2 Å². The zero-order chi connectivity index (χ0) is 57.1. The van der Waals surface area contributed by atoms with E-state index in [9.17, 15) is 14.4 Å². The molecule has 0 spiro atoms. The van der Waals surface area contributed by atoms with Crippen molar-refractivity contribution >= 4 is 17.9 Å². The number of rotatable bonds is 64. The summed E-state index contributed by atoms with van der Waals surface area (Å²) in [4.78, 5) is 38.4. The maximum absolute atomic E-state index is 12.9. The third-order valence-electron chi connectivity index (χ3n) is 15.5. The topological polar surface area (TPSA) is 78.9 Å². The summed E-state index contributed by atoms with van der Waals surface area (Å²) in [5.74, 6) is -0.841. The number of ether oxygens (including phenoxy) is 3. The Balaban J connectivity index is 4.23. The molecule has 0 radical (unpaired) electrons. The quantitative estimate of drug-likeness (QED) is 0.0261. The lowest BCUT2D eigenvalue weighted by Gasteiger charge is -2.18. The molecule has 0 aliphatic rings. The molecule has 0 bridgehead atoms. The first-order valence-electron chi connectivity index (χ1n) is 34.8. The fraction of sp³-hybridized carbons (Fsp3) is 0.822. The van der Waals surface area contributed by atoms with Gasteiger partial charge in [-0.2, -0.15) is 0 Å². The van der Waals surface area contributed by atoms with E-state index in [2.05, 4.69) is 81.5 Å². The van der Waals surface area contributed by atoms with Crippen LogP contribution in [0.15, 0.2) is 60.8 Å². The first-order chi connectivity index (χ1) is 39.0. The molecule has 0 amide bonds. The summed E-state index contributed by atoms with van der Waals surface area (Å²) in [7, 11) is 0. The predicted molar refractivity (Wildman–Crippen MR) is 344 cm³/mol. The minimum absolute atomic E-state index is 0.0674. The molecule has 1 unspecified atom stereocenters. The highest BCUT2D eigenvalue weighted by Crippen LogP contribution is 2.18. The molecule has 0 aromatic heterocycles. The molecule has 6 nitrogen and oxygen atoms in total. The van der Waals surface area contributed by atoms with Gasteiger partial charge in [0.2, 0.25) is 0 Å². The SMILES string of the molecule is CC/C=C\C/C=C\C/C=C\C/C=C\C/C=C\CCCCCCCCCCCCCCCC(=O)OCC(COC(=O)CCCCCCCCCCCCCCCCCC)OC(=O)CCCCCCCCCCCCCCCCCC. The molecule has 0 saturated heterocycles. The number of esters is 3. The smallest absolute Gasteiger partial charge is 0.306 e. The van der Waals surface area contributed by atoms with E-state index >= 15 is 0 Å². The van der Waals surface area contributed by atoms with Crippen LogP contribution in [0.2, 0.25) is 0 Å². The van der Waals surface area contributed by atoms with Crippen molar-refractivity contribution in [1.82, 2.24) is 0 Å². The van der Waals surface area contributed by atoms with Gasteiger partial charge in [-0.1, -0.05) is 345 Å². The van der Waals surface area contributed by atoms with Gasteiger partial charge in [0, 0.05) is 19.3 Å². The second kappa shape index (κ2) is 67.6. The van der Waals surface area contributed by atoms with Crippen molar-refractivity contribution < 1.29 is 28.6 Å². The monoisotopic (exact) mass is 1110 g/mol. The maximum Gasteiger partial charge on any atom is 0.306 e. The Bertz CT molecular complexity index is 1410. The van der Waals surface area contributed by atoms with Crippen molar-refractivity contribution in [3.63, 3.8) is 0 Å². The Kier molecular flexibility index (Phi) is 65.1. The molecule has 6 heteroatoms. The Morgan fingerprint density at radius 2 is 0.494 bits per heavy atom. The van der Waals surface area contributed by atoms with E-state index < -0.39 is 6.10 Å². The van der Waals surface area contributed by atoms with E-state index in [0.29, 0.717) is 19.3 Å². The van der Waals surface area contributed by atoms with E-state index in [4.69, 9.17) is 14.2 Å². The van der Waals surface area contributed by atoms with E-state index in [-0.39, 0.29) is 31.1 Å². The third kappa shape index (κ3) is 65.8. The zero-order valence-corrected chi connectivity index (χ0v) is 52.9. The molecular formula is C73H132O6. The lowest BCUT2D eigenvalue weighted by molar-refractivity contribution is -0.167. The Morgan fingerprint density at radius 3 is 0.772 bits per heavy atom. The zero-order valence-electron chi connectivity index (χ0n) is 52.9. The molecule has 0 aliphatic heterocycles. The van der Waals surface area contributed by atoms with Crippen LogP contribution in [0, 0.1) is 0 Å². The normalized spacial score (nSPS) is 12.4. The third-order valence-corrected chi connectivity index (χ3v) is 15.5. The first kappa shape index (κ1) is 76.1. The van der Waals surface area contributed by atoms with Gasteiger partial charge in [0.1, 0.15) is 13.2 Å². The van der Waals surface area contributed by atoms with E-state index in [1.54, 1.807) is 0 Å². The predicted octanol–water partition coefficient (Wildman–Crippen LogP) is 23.9. The molecule has 0 N–H and O–H groups in total. The summed E-state index contributed by atoms with van der Waals surface area (Å²) >= 11 is 0. The molecule has 0 aliphatic carbocycles. The number of unbranched alkanes of at least 4 members (excludes halogenated alkanes) is 43. The van der Waals surface area contributed by atoms with Gasteiger partial charge < -0.3 is 14.2 Å². The molecule has 79 heavy (non-hydrogen) atoms. The summed E-state index contributed by atoms with van der Waals surface area (Å²) in [6, 6.07) is 0. The van der Waals surface area contributed by atoms with Gasteiger partial charge >= 0.3 is 17.9 Å². The van der Waals surface area contributed by atoms with E-state index in [1.165, 1.54) is 238 Å². The molecular weight excluding hydrogens is 973 g/mol. The van der Waals surface area contributed by atoms with Crippen LogP contribution in [-0.4, -0.2) is 37.2 Å². The van der Waals surface area contributed by atoms with Crippen molar-refractivity contribution in [1.29, 1.82) is 0 Å². The molecule has 0 fully saturated rings. The van der Waals surface area contributed by atoms with Crippen molar-refractivity contribution in [3.8, 4) is 0 Å². The number of carbonyl (C=O) groups excluding carboxylic acids is 3. The lowest BCUT2D eigenvalue weighted by atomic mass is 10.0. The Labute approximate surface area is 491 Å². The number of hydrogen-bond donors (Lipinski definition) is 0. The van der Waals surface area contributed by atoms with Gasteiger partial charge in [0.15, 0.2) is 6.10 Å². The highest BCUT2D eigenvalue weighted by Gasteiger charge is 2.19. The summed E-state index contributed by atoms with van der Waals surface area (Å²) in [6.45, 7) is 6.59. The van der Waals surface area contributed by atoms with Crippen LogP contribution in [0.25, 0.3) is 0 Å². The summed E-state index contributed by atoms with van der Waals surface area (Å²) in [5, 5.41) is 0. The van der Waals surface area contributed by atoms with Crippen LogP contribution in [0.5, 0.6) is 0 Å². The second-order valence-electron chi connectivity index (χ2n) is 23.4. The van der Waals surface area contributed by atoms with Gasteiger partial charge in [-0.25, -0.2) is 0 Å². The molecule has 0 heterocycles. The fourth-order valence-corrected chi connectivity index (χ4v) is 10.4. The Hall–Kier alpha value is -2.89. The number of hydrogen-bond acceptors (Lipinski definition) is 6. The highest BCUT2D eigenvalue weighted by atomic mass is 16.6. The summed E-state index contributed by atoms with van der Waals surface area (Å²) in [6.07, 6.45) is 86.7. The largest absolute Gasteiger partial charge is 0.462 e. The molecule has 1 atom stereocenters. The molecule has 0 aromatic carbocycles. The standard InChI is InChI=1S/C73H132O6/c1-4-7-10-13-16-19-22-25-28-31-32-33-34-35-36-37-38-39-40-41-42-43-46-48-51-54-57-60-63-66-72(75)78-69-70(79-73(76)67-64-61-58-55-52-49-45-30-27-24-21-18-15-12-9-6-3)68-77-71(74)65-62-59-56-53-50-47-44-29-26-23-20-17-14-11-8-5-2/h7,10,16,19,25,28,32-33,35-36,70H,4-6,8-9,11-15,17-18,20-24,26-27,29-31,34,37-69H2,1-3H3/b10-7-,19-16-,28-25-,33-32-,36-35-. The van der Waals surface area contributed by atoms with E-state index in [1.807, 2.05) is 0 Å². The summed E-state index contributed by atoms with van der Waals surface area (Å²) < 4.78 is 17.0. The average molecular weight is 1110 g/mol. The van der Waals surface area contributed by atoms with Gasteiger partial charge in [-0.15, -0.1) is 0 Å². The van der Waals surface area contributed by atoms with Crippen LogP contribution in [0.3, 0.4) is 0 Å². The van der Waals surface area contributed by atoms with Gasteiger partial charge in [0.25, 0.3) is 0 Å². The second-order valence-corrected chi connectivity index (χ2v) is 23.4. The van der Waals surface area contributed by atoms with Crippen molar-refractivity contribution in [2.75, 3.05) is 13.2 Å². The van der Waals surface area contributed by atoms with Crippen LogP contribution in [0.4, 0.5) is 0 Å². The fourth-order valence-electron chi connectivity index (χ4n) is 10.4. The van der Waals surface area contributed by atoms with Crippen LogP contribution < -0.4 is 0 Å². The van der Waals surface area contributed by atoms with Gasteiger partial charge in [0.05, 0.1) is 0 Å². The minimum atomic E-state index is -0.771. The van der Waals surface area contributed by atoms with Crippen molar-refractivity contribution in [2.24, 2.45) is 0 Å². The Morgan fingerprint density at radius 1 is 0.266 bits per heavy atom. The minimum Gasteiger partial charge on any atom is -0.462 e. The molecule has 0 saturated carbocycles. The number of carbonyl (C=O) groups is 3. The van der Waals surface area contributed by atoms with Crippen LogP contribution in [-0.2, 0) is 28.6 Å². The first-order valence-corrected chi connectivity index (χ1v) is 34.8. The van der Waals surface area contributed by atoms with Crippen molar-refractivity contribution in [3.05, 3.63) is 60.8 Å². The molecule has 460 valence electrons. The van der Waals surface area contributed by atoms with Crippen molar-refractivity contribution in [2.45, 2.75) is 374 Å². The van der Waals surface area contributed by atoms with Crippen LogP contribution >= 0.6 is 0 Å². The average Bonchev–Trinajstić information content (AvgIpc) is 3.45. The van der Waals surface area contributed by atoms with Crippen LogP contribution in [0.1, 0.15) is 367 Å². The lowest BCUT2D eigenvalue weighted by Crippen LogP contribution is -2.30. The molecule has 0 rings (SSSR count). The van der Waals surface area contributed by atoms with Gasteiger partial charge in [-0.3, -0.25) is 14.4 Å². The van der Waals surface area contributed by atoms with E-state index in [0.717, 1.165) is 89.9 Å². The highest BCUT2D eigenvalue weighted by molar-refractivity contribution is 5.71. The summed E-state index contributed by atoms with van der Waals surface area (Å²) in [5.41, 5.74) is 0. The molecule has 0 aromatic rings. The number of allylic oxidation sites excluding steroid dienone is 10.